The Labute approximate surface area is 211 Å². The maximum atomic E-state index is 14.1. The zero-order valence-electron chi connectivity index (χ0n) is 21.9. The third-order valence-corrected chi connectivity index (χ3v) is 27.3. The molecule has 1 aliphatic carbocycles. The van der Waals surface area contributed by atoms with Gasteiger partial charge in [-0.05, 0) is 0 Å². The van der Waals surface area contributed by atoms with E-state index in [9.17, 15) is 13.2 Å². The number of carbonyl (C=O) groups excluding carboxylic acids is 1. The fraction of sp³-hybridized carbons (Fsp3) is 0.667. The predicted molar refractivity (Wildman–Crippen MR) is 144 cm³/mol. The Hall–Kier alpha value is -1.02. The molecule has 2 atom stereocenters. The summed E-state index contributed by atoms with van der Waals surface area (Å²) < 4.78 is 36.7. The summed E-state index contributed by atoms with van der Waals surface area (Å²) in [6.45, 7) is 8.64. The number of hydrogen-bond acceptors (Lipinski definition) is 4. The summed E-state index contributed by atoms with van der Waals surface area (Å²) in [5.41, 5.74) is 1.04. The number of hydrogen-bond donors (Lipinski definition) is 1. The molecule has 0 saturated heterocycles. The van der Waals surface area contributed by atoms with Gasteiger partial charge in [0.25, 0.3) is 0 Å². The van der Waals surface area contributed by atoms with Gasteiger partial charge in [0, 0.05) is 0 Å². The van der Waals surface area contributed by atoms with Crippen molar-refractivity contribution >= 4 is 34.3 Å². The van der Waals surface area contributed by atoms with Gasteiger partial charge < -0.3 is 0 Å². The van der Waals surface area contributed by atoms with E-state index in [1.165, 1.54) is 20.4 Å². The average molecular weight is 598 g/mol. The third-order valence-electron chi connectivity index (χ3n) is 7.41. The van der Waals surface area contributed by atoms with E-state index in [1.54, 1.807) is 12.1 Å². The van der Waals surface area contributed by atoms with Crippen LogP contribution in [0.1, 0.15) is 77.7 Å². The number of aryl methyl sites for hydroxylation is 1. The molecule has 1 aliphatic rings. The third kappa shape index (κ3) is 7.25. The summed E-state index contributed by atoms with van der Waals surface area (Å²) in [6, 6.07) is 7.05. The second-order valence-electron chi connectivity index (χ2n) is 9.89. The quantitative estimate of drug-likeness (QED) is 0.241. The molecule has 2 unspecified atom stereocenters. The Kier molecular flexibility index (Phi) is 11.9. The fourth-order valence-corrected chi connectivity index (χ4v) is 29.2. The predicted octanol–water partition coefficient (Wildman–Crippen LogP) is 7.39. The Morgan fingerprint density at radius 3 is 2.00 bits per heavy atom. The van der Waals surface area contributed by atoms with Crippen LogP contribution in [0.2, 0.25) is 17.2 Å². The van der Waals surface area contributed by atoms with Crippen LogP contribution in [0.25, 0.3) is 0 Å². The molecule has 0 saturated carbocycles. The molecule has 1 aromatic rings. The van der Waals surface area contributed by atoms with Gasteiger partial charge in [-0.1, -0.05) is 0 Å². The van der Waals surface area contributed by atoms with E-state index in [2.05, 4.69) is 26.1 Å². The number of allylic oxidation sites excluding steroid dienone is 1. The van der Waals surface area contributed by atoms with Crippen molar-refractivity contribution in [2.75, 3.05) is 7.11 Å². The number of benzene rings is 1. The van der Waals surface area contributed by atoms with Gasteiger partial charge in [0.05, 0.1) is 0 Å². The van der Waals surface area contributed by atoms with E-state index in [4.69, 9.17) is 4.74 Å². The van der Waals surface area contributed by atoms with Crippen LogP contribution >= 0.6 is 0 Å². The molecule has 192 valence electrons. The van der Waals surface area contributed by atoms with Gasteiger partial charge in [-0.25, -0.2) is 0 Å². The summed E-state index contributed by atoms with van der Waals surface area (Å²) in [5.74, 6) is 0. The van der Waals surface area contributed by atoms with E-state index in [1.807, 2.05) is 25.1 Å². The molecular formula is C27H45NO4SSn. The fourth-order valence-electron chi connectivity index (χ4n) is 5.55. The molecule has 1 N–H and O–H groups in total. The van der Waals surface area contributed by atoms with Crippen LogP contribution in [0.15, 0.2) is 40.1 Å². The molecule has 2 rings (SSSR count). The first kappa shape index (κ1) is 29.2. The van der Waals surface area contributed by atoms with Crippen molar-refractivity contribution < 1.29 is 17.9 Å². The zero-order chi connectivity index (χ0) is 25.2. The van der Waals surface area contributed by atoms with Crippen molar-refractivity contribution in [2.24, 2.45) is 0 Å². The van der Waals surface area contributed by atoms with Crippen LogP contribution in [0.5, 0.6) is 0 Å². The SMILES string of the molecule is CCC[CH2][Sn]([CH2]CCC)([CH2]CCC)[CH]1C(S(=O)(=O)c2ccc(C)cc2)=CCCC1NC(=O)OC. The second-order valence-corrected chi connectivity index (χ2v) is 25.7. The van der Waals surface area contributed by atoms with Crippen molar-refractivity contribution in [1.82, 2.24) is 5.32 Å². The van der Waals surface area contributed by atoms with Crippen molar-refractivity contribution in [3.05, 3.63) is 40.8 Å². The Bertz CT molecular complexity index is 889. The van der Waals surface area contributed by atoms with E-state index < -0.39 is 34.3 Å². The minimum atomic E-state index is -3.64. The summed E-state index contributed by atoms with van der Waals surface area (Å²) in [7, 11) is -2.26. The minimum absolute atomic E-state index is 0.0573. The first-order valence-corrected chi connectivity index (χ1v) is 22.3. The Morgan fingerprint density at radius 1 is 1.00 bits per heavy atom. The molecule has 0 aromatic heterocycles. The van der Waals surface area contributed by atoms with E-state index >= 15 is 0 Å². The molecule has 0 heterocycles. The van der Waals surface area contributed by atoms with Gasteiger partial charge in [-0.3, -0.25) is 0 Å². The summed E-state index contributed by atoms with van der Waals surface area (Å²) in [4.78, 5) is 13.3. The molecular weight excluding hydrogens is 553 g/mol. The van der Waals surface area contributed by atoms with Crippen LogP contribution in [0.4, 0.5) is 4.79 Å². The Balaban J connectivity index is 2.68. The number of alkyl carbamates (subject to hydrolysis) is 1. The first-order chi connectivity index (χ1) is 16.3. The number of carbonyl (C=O) groups is 1. The summed E-state index contributed by atoms with van der Waals surface area (Å²) in [5, 5.41) is 3.10. The van der Waals surface area contributed by atoms with Gasteiger partial charge in [-0.2, -0.15) is 0 Å². The van der Waals surface area contributed by atoms with Gasteiger partial charge in [-0.15, -0.1) is 0 Å². The molecule has 7 heteroatoms. The van der Waals surface area contributed by atoms with Crippen molar-refractivity contribution in [3.8, 4) is 0 Å². The number of sulfone groups is 1. The molecule has 1 amide bonds. The average Bonchev–Trinajstić information content (AvgIpc) is 2.84. The molecule has 0 aliphatic heterocycles. The van der Waals surface area contributed by atoms with Crippen LogP contribution in [-0.2, 0) is 14.6 Å². The van der Waals surface area contributed by atoms with Crippen molar-refractivity contribution in [3.63, 3.8) is 0 Å². The number of rotatable bonds is 13. The number of amides is 1. The second kappa shape index (κ2) is 13.9. The molecule has 0 spiro atoms. The maximum absolute atomic E-state index is 14.1. The zero-order valence-corrected chi connectivity index (χ0v) is 25.5. The molecule has 0 fully saturated rings. The standard InChI is InChI=1S/C15H18NO4S.3C4H9.Sn/c1-11-6-8-13(9-7-11)21(18,19)14-5-3-4-12(10-14)16-15(17)20-2;3*1-3-4-2;/h5-10,12H,3-4H2,1-2H3,(H,16,17);3*1,3-4H2,2H3;. The van der Waals surface area contributed by atoms with Gasteiger partial charge in [0.1, 0.15) is 0 Å². The summed E-state index contributed by atoms with van der Waals surface area (Å²) in [6.07, 6.45) is 9.73. The van der Waals surface area contributed by atoms with Gasteiger partial charge >= 0.3 is 213 Å². The van der Waals surface area contributed by atoms with Crippen LogP contribution in [0.3, 0.4) is 0 Å². The summed E-state index contributed by atoms with van der Waals surface area (Å²) >= 11 is -3.13. The van der Waals surface area contributed by atoms with Gasteiger partial charge in [0.2, 0.25) is 0 Å². The first-order valence-electron chi connectivity index (χ1n) is 13.1. The molecule has 5 nitrogen and oxygen atoms in total. The topological polar surface area (TPSA) is 72.5 Å². The number of ether oxygens (including phenoxy) is 1. The van der Waals surface area contributed by atoms with Gasteiger partial charge in [0.15, 0.2) is 0 Å². The van der Waals surface area contributed by atoms with Crippen LogP contribution in [-0.4, -0.2) is 46.0 Å². The van der Waals surface area contributed by atoms with Crippen LogP contribution < -0.4 is 5.32 Å². The molecule has 0 radical (unpaired) electrons. The molecule has 0 bridgehead atoms. The van der Waals surface area contributed by atoms with Crippen molar-refractivity contribution in [2.45, 2.75) is 107 Å². The number of unbranched alkanes of at least 4 members (excludes halogenated alkanes) is 3. The Morgan fingerprint density at radius 2 is 1.53 bits per heavy atom. The van der Waals surface area contributed by atoms with Crippen molar-refractivity contribution in [1.29, 1.82) is 0 Å². The normalized spacial score (nSPS) is 18.9. The number of nitrogens with one attached hydrogen (secondary N) is 1. The number of methoxy groups -OCH3 is 1. The van der Waals surface area contributed by atoms with E-state index in [0.717, 1.165) is 50.5 Å². The molecule has 1 aromatic carbocycles. The monoisotopic (exact) mass is 599 g/mol. The molecule has 34 heavy (non-hydrogen) atoms. The van der Waals surface area contributed by atoms with Crippen LogP contribution in [0, 0.1) is 6.92 Å². The van der Waals surface area contributed by atoms with E-state index in [0.29, 0.717) is 16.2 Å². The van der Waals surface area contributed by atoms with E-state index in [-0.39, 0.29) is 9.98 Å².